The molecule has 2 amide bonds. The van der Waals surface area contributed by atoms with Gasteiger partial charge < -0.3 is 19.5 Å². The Balaban J connectivity index is 1.45. The van der Waals surface area contributed by atoms with E-state index in [0.29, 0.717) is 23.7 Å². The standard InChI is InChI=1S/C22H22N4O3/c1-15-3-8-20(29-2)19(11-15)26-13-16(12-21(26)27)22(28)24-17-4-6-18(7-5-17)25-10-9-23-14-25/h3-11,14,16H,12-13H2,1-2H3,(H,24,28). The maximum Gasteiger partial charge on any atom is 0.229 e. The summed E-state index contributed by atoms with van der Waals surface area (Å²) in [4.78, 5) is 31.0. The number of carbonyl (C=O) groups excluding carboxylic acids is 2. The molecule has 1 atom stereocenters. The van der Waals surface area contributed by atoms with Crippen LogP contribution in [-0.4, -0.2) is 35.0 Å². The summed E-state index contributed by atoms with van der Waals surface area (Å²) in [5.74, 6) is -0.0338. The molecule has 7 nitrogen and oxygen atoms in total. The van der Waals surface area contributed by atoms with Crippen LogP contribution in [0.25, 0.3) is 5.69 Å². The molecule has 1 N–H and O–H groups in total. The van der Waals surface area contributed by atoms with Crippen LogP contribution in [-0.2, 0) is 9.59 Å². The first kappa shape index (κ1) is 18.7. The zero-order valence-corrected chi connectivity index (χ0v) is 16.3. The number of aryl methyl sites for hydroxylation is 1. The van der Waals surface area contributed by atoms with Gasteiger partial charge in [0.2, 0.25) is 11.8 Å². The second-order valence-electron chi connectivity index (χ2n) is 7.09. The molecule has 0 saturated carbocycles. The van der Waals surface area contributed by atoms with Crippen molar-refractivity contribution in [3.63, 3.8) is 0 Å². The highest BCUT2D eigenvalue weighted by molar-refractivity contribution is 6.04. The van der Waals surface area contributed by atoms with Gasteiger partial charge in [-0.2, -0.15) is 0 Å². The molecule has 2 aromatic carbocycles. The van der Waals surface area contributed by atoms with Gasteiger partial charge in [-0.15, -0.1) is 0 Å². The number of ether oxygens (including phenoxy) is 1. The molecule has 1 aromatic heterocycles. The maximum atomic E-state index is 12.7. The van der Waals surface area contributed by atoms with E-state index in [1.54, 1.807) is 24.5 Å². The molecule has 1 saturated heterocycles. The molecule has 7 heteroatoms. The Morgan fingerprint density at radius 2 is 2.00 bits per heavy atom. The highest BCUT2D eigenvalue weighted by Gasteiger charge is 2.36. The summed E-state index contributed by atoms with van der Waals surface area (Å²) in [5.41, 5.74) is 3.38. The SMILES string of the molecule is COc1ccc(C)cc1N1CC(C(=O)Nc2ccc(-n3ccnc3)cc2)CC1=O. The van der Waals surface area contributed by atoms with Crippen molar-refractivity contribution in [3.05, 3.63) is 66.7 Å². The van der Waals surface area contributed by atoms with Crippen molar-refractivity contribution < 1.29 is 14.3 Å². The molecule has 2 heterocycles. The van der Waals surface area contributed by atoms with Crippen molar-refractivity contribution in [1.82, 2.24) is 9.55 Å². The van der Waals surface area contributed by atoms with Crippen LogP contribution in [0.3, 0.4) is 0 Å². The largest absolute Gasteiger partial charge is 0.495 e. The van der Waals surface area contributed by atoms with Crippen LogP contribution >= 0.6 is 0 Å². The first-order valence-corrected chi connectivity index (χ1v) is 9.39. The summed E-state index contributed by atoms with van der Waals surface area (Å²) in [5, 5.41) is 2.91. The highest BCUT2D eigenvalue weighted by Crippen LogP contribution is 2.34. The second kappa shape index (κ2) is 7.79. The normalized spacial score (nSPS) is 16.1. The van der Waals surface area contributed by atoms with Gasteiger partial charge in [-0.25, -0.2) is 4.98 Å². The number of anilines is 2. The average molecular weight is 390 g/mol. The van der Waals surface area contributed by atoms with Crippen molar-refractivity contribution in [2.45, 2.75) is 13.3 Å². The number of imidazole rings is 1. The zero-order valence-electron chi connectivity index (χ0n) is 16.3. The van der Waals surface area contributed by atoms with E-state index in [9.17, 15) is 9.59 Å². The minimum absolute atomic E-state index is 0.0792. The Hall–Kier alpha value is -3.61. The van der Waals surface area contributed by atoms with Crippen LogP contribution in [0.15, 0.2) is 61.2 Å². The van der Waals surface area contributed by atoms with Crippen molar-refractivity contribution in [3.8, 4) is 11.4 Å². The lowest BCUT2D eigenvalue weighted by molar-refractivity contribution is -0.122. The van der Waals surface area contributed by atoms with Crippen molar-refractivity contribution in [2.75, 3.05) is 23.9 Å². The van der Waals surface area contributed by atoms with E-state index >= 15 is 0 Å². The highest BCUT2D eigenvalue weighted by atomic mass is 16.5. The van der Waals surface area contributed by atoms with Gasteiger partial charge in [-0.3, -0.25) is 9.59 Å². The first-order valence-electron chi connectivity index (χ1n) is 9.39. The molecule has 29 heavy (non-hydrogen) atoms. The third-order valence-corrected chi connectivity index (χ3v) is 5.06. The molecule has 1 fully saturated rings. The number of benzene rings is 2. The monoisotopic (exact) mass is 390 g/mol. The minimum Gasteiger partial charge on any atom is -0.495 e. The predicted molar refractivity (Wildman–Crippen MR) is 110 cm³/mol. The van der Waals surface area contributed by atoms with E-state index in [1.807, 2.05) is 60.2 Å². The molecule has 0 bridgehead atoms. The van der Waals surface area contributed by atoms with Crippen LogP contribution < -0.4 is 15.0 Å². The lowest BCUT2D eigenvalue weighted by Crippen LogP contribution is -2.28. The Kier molecular flexibility index (Phi) is 5.03. The fourth-order valence-electron chi connectivity index (χ4n) is 3.50. The summed E-state index contributed by atoms with van der Waals surface area (Å²) in [6, 6.07) is 13.2. The number of carbonyl (C=O) groups is 2. The number of aromatic nitrogens is 2. The van der Waals surface area contributed by atoms with Crippen LogP contribution in [0.1, 0.15) is 12.0 Å². The number of nitrogens with one attached hydrogen (secondary N) is 1. The summed E-state index contributed by atoms with van der Waals surface area (Å²) in [6.45, 7) is 2.29. The van der Waals surface area contributed by atoms with Gasteiger partial charge in [0.1, 0.15) is 5.75 Å². The van der Waals surface area contributed by atoms with E-state index in [2.05, 4.69) is 10.3 Å². The number of nitrogens with zero attached hydrogens (tertiary/aromatic N) is 3. The van der Waals surface area contributed by atoms with Crippen LogP contribution in [0.5, 0.6) is 5.75 Å². The summed E-state index contributed by atoms with van der Waals surface area (Å²) < 4.78 is 7.28. The van der Waals surface area contributed by atoms with Gasteiger partial charge in [0.15, 0.2) is 0 Å². The molecular formula is C22H22N4O3. The van der Waals surface area contributed by atoms with E-state index in [-0.39, 0.29) is 18.2 Å². The molecule has 0 spiro atoms. The lowest BCUT2D eigenvalue weighted by Gasteiger charge is -2.20. The van der Waals surface area contributed by atoms with E-state index in [1.165, 1.54) is 0 Å². The van der Waals surface area contributed by atoms with E-state index < -0.39 is 5.92 Å². The lowest BCUT2D eigenvalue weighted by atomic mass is 10.1. The van der Waals surface area contributed by atoms with Crippen LogP contribution in [0.2, 0.25) is 0 Å². The van der Waals surface area contributed by atoms with E-state index in [4.69, 9.17) is 4.74 Å². The molecule has 1 aliphatic heterocycles. The fraction of sp³-hybridized carbons (Fsp3) is 0.227. The van der Waals surface area contributed by atoms with Gasteiger partial charge in [-0.05, 0) is 48.9 Å². The molecule has 0 aliphatic carbocycles. The predicted octanol–water partition coefficient (Wildman–Crippen LogP) is 3.18. The van der Waals surface area contributed by atoms with Gasteiger partial charge in [0.25, 0.3) is 0 Å². The third-order valence-electron chi connectivity index (χ3n) is 5.06. The Labute approximate surface area is 168 Å². The van der Waals surface area contributed by atoms with Crippen molar-refractivity contribution in [2.24, 2.45) is 5.92 Å². The molecule has 148 valence electrons. The Morgan fingerprint density at radius 3 is 2.69 bits per heavy atom. The summed E-state index contributed by atoms with van der Waals surface area (Å²) >= 11 is 0. The van der Waals surface area contributed by atoms with Crippen LogP contribution in [0, 0.1) is 12.8 Å². The fourth-order valence-corrected chi connectivity index (χ4v) is 3.50. The van der Waals surface area contributed by atoms with Crippen molar-refractivity contribution >= 4 is 23.2 Å². The van der Waals surface area contributed by atoms with Crippen molar-refractivity contribution in [1.29, 1.82) is 0 Å². The molecule has 4 rings (SSSR count). The number of methoxy groups -OCH3 is 1. The van der Waals surface area contributed by atoms with Gasteiger partial charge in [-0.1, -0.05) is 6.07 Å². The quantitative estimate of drug-likeness (QED) is 0.726. The number of hydrogen-bond donors (Lipinski definition) is 1. The van der Waals surface area contributed by atoms with Gasteiger partial charge in [0.05, 0.1) is 25.0 Å². The smallest absolute Gasteiger partial charge is 0.229 e. The van der Waals surface area contributed by atoms with Crippen LogP contribution in [0.4, 0.5) is 11.4 Å². The number of rotatable bonds is 5. The van der Waals surface area contributed by atoms with E-state index in [0.717, 1.165) is 11.3 Å². The average Bonchev–Trinajstić information content (AvgIpc) is 3.38. The first-order chi connectivity index (χ1) is 14.0. The maximum absolute atomic E-state index is 12.7. The molecule has 1 aliphatic rings. The summed E-state index contributed by atoms with van der Waals surface area (Å²) in [6.07, 6.45) is 5.45. The Morgan fingerprint density at radius 1 is 1.21 bits per heavy atom. The topological polar surface area (TPSA) is 76.5 Å². The molecule has 0 radical (unpaired) electrons. The van der Waals surface area contributed by atoms with Gasteiger partial charge in [0, 0.05) is 36.7 Å². The molecule has 1 unspecified atom stereocenters. The third kappa shape index (κ3) is 3.85. The molecule has 3 aromatic rings. The number of hydrogen-bond acceptors (Lipinski definition) is 4. The molecular weight excluding hydrogens is 368 g/mol. The van der Waals surface area contributed by atoms with Gasteiger partial charge >= 0.3 is 0 Å². The second-order valence-corrected chi connectivity index (χ2v) is 7.09. The number of amides is 2. The minimum atomic E-state index is -0.416. The zero-order chi connectivity index (χ0) is 20.4. The Bertz CT molecular complexity index is 1030. The summed E-state index contributed by atoms with van der Waals surface area (Å²) in [7, 11) is 1.58.